The lowest BCUT2D eigenvalue weighted by Gasteiger charge is -2.25. The van der Waals surface area contributed by atoms with Crippen LogP contribution in [0.25, 0.3) is 0 Å². The summed E-state index contributed by atoms with van der Waals surface area (Å²) < 4.78 is 0. The number of aliphatic carboxylic acids is 2. The number of amides is 2. The Hall–Kier alpha value is -2.12. The highest BCUT2D eigenvalue weighted by Gasteiger charge is 2.17. The van der Waals surface area contributed by atoms with Crippen molar-refractivity contribution < 1.29 is 29.4 Å². The van der Waals surface area contributed by atoms with Crippen molar-refractivity contribution in [2.24, 2.45) is 0 Å². The van der Waals surface area contributed by atoms with Crippen LogP contribution in [0.2, 0.25) is 0 Å². The van der Waals surface area contributed by atoms with Crippen LogP contribution in [0, 0.1) is 0 Å². The van der Waals surface area contributed by atoms with E-state index < -0.39 is 11.9 Å². The molecule has 2 N–H and O–H groups in total. The minimum Gasteiger partial charge on any atom is -0.481 e. The molecule has 0 saturated carbocycles. The molecule has 8 nitrogen and oxygen atoms in total. The molecule has 0 aromatic heterocycles. The molecule has 0 aromatic rings. The molecule has 0 rings (SSSR count). The number of carbonyl (C=O) groups excluding carboxylic acids is 2. The molecule has 0 unspecified atom stereocenters. The van der Waals surface area contributed by atoms with Crippen molar-refractivity contribution in [2.45, 2.75) is 206 Å². The molecule has 0 aliphatic carbocycles. The molecule has 0 atom stereocenters. The number of carboxylic acid groups (broad SMARTS) is 2. The van der Waals surface area contributed by atoms with Crippen molar-refractivity contribution in [3.8, 4) is 0 Å². The van der Waals surface area contributed by atoms with E-state index in [0.29, 0.717) is 38.8 Å². The fourth-order valence-corrected chi connectivity index (χ4v) is 6.34. The molecule has 8 heteroatoms. The Morgan fingerprint density at radius 2 is 0.583 bits per heavy atom. The molecular weight excluding hydrogens is 604 g/mol. The molecule has 0 bridgehead atoms. The van der Waals surface area contributed by atoms with Gasteiger partial charge in [0, 0.05) is 39.0 Å². The van der Waals surface area contributed by atoms with E-state index in [1.165, 1.54) is 116 Å². The maximum Gasteiger partial charge on any atom is 0.305 e. The summed E-state index contributed by atoms with van der Waals surface area (Å²) in [6, 6.07) is 0. The lowest BCUT2D eigenvalue weighted by molar-refractivity contribution is -0.140. The summed E-state index contributed by atoms with van der Waals surface area (Å²) >= 11 is 0. The van der Waals surface area contributed by atoms with Gasteiger partial charge in [-0.1, -0.05) is 155 Å². The first kappa shape index (κ1) is 45.9. The Kier molecular flexibility index (Phi) is 33.2. The SMILES string of the molecule is CCCCCCCCCCCCCCC(=O)N(CCCCN(CCC(=O)O)C(=O)CCCCCCCCCCCCCC)CCC(=O)O. The molecule has 0 aromatic carbocycles. The maximum absolute atomic E-state index is 12.9. The molecular formula is C40H76N2O6. The summed E-state index contributed by atoms with van der Waals surface area (Å²) in [6.07, 6.45) is 31.6. The third kappa shape index (κ3) is 31.2. The van der Waals surface area contributed by atoms with Crippen LogP contribution in [-0.2, 0) is 19.2 Å². The molecule has 0 radical (unpaired) electrons. The average Bonchev–Trinajstić information content (AvgIpc) is 3.06. The third-order valence-electron chi connectivity index (χ3n) is 9.49. The molecule has 0 aliphatic heterocycles. The Labute approximate surface area is 295 Å². The smallest absolute Gasteiger partial charge is 0.305 e. The van der Waals surface area contributed by atoms with E-state index in [1.807, 2.05) is 0 Å². The molecule has 0 saturated heterocycles. The normalized spacial score (nSPS) is 11.1. The van der Waals surface area contributed by atoms with Crippen LogP contribution < -0.4 is 0 Å². The first-order chi connectivity index (χ1) is 23.3. The average molecular weight is 681 g/mol. The van der Waals surface area contributed by atoms with Crippen LogP contribution in [0.15, 0.2) is 0 Å². The van der Waals surface area contributed by atoms with Crippen LogP contribution in [0.4, 0.5) is 0 Å². The predicted octanol–water partition coefficient (Wildman–Crippen LogP) is 10.6. The zero-order valence-electron chi connectivity index (χ0n) is 31.5. The summed E-state index contributed by atoms with van der Waals surface area (Å²) in [4.78, 5) is 51.7. The van der Waals surface area contributed by atoms with Crippen LogP contribution in [0.5, 0.6) is 0 Å². The first-order valence-corrected chi connectivity index (χ1v) is 20.3. The van der Waals surface area contributed by atoms with Gasteiger partial charge in [-0.05, 0) is 25.7 Å². The Bertz CT molecular complexity index is 726. The van der Waals surface area contributed by atoms with E-state index in [4.69, 9.17) is 0 Å². The highest BCUT2D eigenvalue weighted by molar-refractivity contribution is 5.77. The van der Waals surface area contributed by atoms with Gasteiger partial charge in [0.05, 0.1) is 12.8 Å². The maximum atomic E-state index is 12.9. The monoisotopic (exact) mass is 681 g/mol. The van der Waals surface area contributed by atoms with E-state index >= 15 is 0 Å². The zero-order valence-corrected chi connectivity index (χ0v) is 31.5. The number of carbonyl (C=O) groups is 4. The van der Waals surface area contributed by atoms with Crippen molar-refractivity contribution in [1.82, 2.24) is 9.80 Å². The van der Waals surface area contributed by atoms with Gasteiger partial charge < -0.3 is 20.0 Å². The molecule has 0 heterocycles. The fraction of sp³-hybridized carbons (Fsp3) is 0.900. The highest BCUT2D eigenvalue weighted by atomic mass is 16.4. The van der Waals surface area contributed by atoms with E-state index in [0.717, 1.165) is 38.5 Å². The van der Waals surface area contributed by atoms with Gasteiger partial charge in [0.25, 0.3) is 0 Å². The van der Waals surface area contributed by atoms with E-state index in [9.17, 15) is 29.4 Å². The third-order valence-corrected chi connectivity index (χ3v) is 9.49. The van der Waals surface area contributed by atoms with Gasteiger partial charge in [0.2, 0.25) is 11.8 Å². The van der Waals surface area contributed by atoms with Gasteiger partial charge in [-0.15, -0.1) is 0 Å². The second-order valence-corrected chi connectivity index (χ2v) is 14.0. The van der Waals surface area contributed by atoms with Gasteiger partial charge in [0.1, 0.15) is 0 Å². The Morgan fingerprint density at radius 3 is 0.833 bits per heavy atom. The quantitative estimate of drug-likeness (QED) is 0.0631. The summed E-state index contributed by atoms with van der Waals surface area (Å²) in [5.41, 5.74) is 0. The molecule has 2 amide bonds. The second-order valence-electron chi connectivity index (χ2n) is 14.0. The topological polar surface area (TPSA) is 115 Å². The van der Waals surface area contributed by atoms with Gasteiger partial charge >= 0.3 is 11.9 Å². The zero-order chi connectivity index (χ0) is 35.5. The minimum atomic E-state index is -0.915. The summed E-state index contributed by atoms with van der Waals surface area (Å²) in [5.74, 6) is -1.81. The second kappa shape index (κ2) is 34.7. The standard InChI is InChI=1S/C40H76N2O6/c1-3-5-7-9-11-13-15-17-19-21-23-25-29-37(43)41(35-31-39(45)46)33-27-28-34-42(36-32-40(47)48)38(44)30-26-24-22-20-18-16-14-12-10-8-6-4-2/h3-36H2,1-2H3,(H,45,46)(H,47,48). The molecule has 48 heavy (non-hydrogen) atoms. The highest BCUT2D eigenvalue weighted by Crippen LogP contribution is 2.15. The fourth-order valence-electron chi connectivity index (χ4n) is 6.34. The lowest BCUT2D eigenvalue weighted by atomic mass is 10.0. The van der Waals surface area contributed by atoms with Gasteiger partial charge in [-0.3, -0.25) is 19.2 Å². The van der Waals surface area contributed by atoms with Crippen molar-refractivity contribution in [2.75, 3.05) is 26.2 Å². The van der Waals surface area contributed by atoms with E-state index in [2.05, 4.69) is 13.8 Å². The van der Waals surface area contributed by atoms with Crippen LogP contribution in [0.3, 0.4) is 0 Å². The van der Waals surface area contributed by atoms with Gasteiger partial charge in [0.15, 0.2) is 0 Å². The predicted molar refractivity (Wildman–Crippen MR) is 198 cm³/mol. The number of rotatable bonds is 37. The summed E-state index contributed by atoms with van der Waals surface area (Å²) in [5, 5.41) is 18.4. The number of unbranched alkanes of at least 4 members (excludes halogenated alkanes) is 23. The van der Waals surface area contributed by atoms with Crippen molar-refractivity contribution >= 4 is 23.8 Å². The number of hydrogen-bond acceptors (Lipinski definition) is 4. The Morgan fingerprint density at radius 1 is 0.333 bits per heavy atom. The van der Waals surface area contributed by atoms with E-state index in [1.54, 1.807) is 9.80 Å². The lowest BCUT2D eigenvalue weighted by Crippen LogP contribution is -2.36. The van der Waals surface area contributed by atoms with Crippen LogP contribution in [-0.4, -0.2) is 69.9 Å². The molecule has 282 valence electrons. The number of nitrogens with zero attached hydrogens (tertiary/aromatic N) is 2. The largest absolute Gasteiger partial charge is 0.481 e. The van der Waals surface area contributed by atoms with Gasteiger partial charge in [-0.25, -0.2) is 0 Å². The summed E-state index contributed by atoms with van der Waals surface area (Å²) in [7, 11) is 0. The first-order valence-electron chi connectivity index (χ1n) is 20.3. The number of hydrogen-bond donors (Lipinski definition) is 2. The van der Waals surface area contributed by atoms with Crippen molar-refractivity contribution in [3.63, 3.8) is 0 Å². The number of carboxylic acids is 2. The Balaban J connectivity index is 4.35. The van der Waals surface area contributed by atoms with Crippen LogP contribution >= 0.6 is 0 Å². The van der Waals surface area contributed by atoms with E-state index in [-0.39, 0.29) is 37.7 Å². The molecule has 0 spiro atoms. The summed E-state index contributed by atoms with van der Waals surface area (Å²) in [6.45, 7) is 5.82. The molecule has 0 aliphatic rings. The molecule has 0 fully saturated rings. The van der Waals surface area contributed by atoms with Crippen molar-refractivity contribution in [1.29, 1.82) is 0 Å². The van der Waals surface area contributed by atoms with Crippen molar-refractivity contribution in [3.05, 3.63) is 0 Å². The van der Waals surface area contributed by atoms with Crippen LogP contribution in [0.1, 0.15) is 206 Å². The van der Waals surface area contributed by atoms with Gasteiger partial charge in [-0.2, -0.15) is 0 Å². The minimum absolute atomic E-state index is 0.00844.